The summed E-state index contributed by atoms with van der Waals surface area (Å²) in [6, 6.07) is 12.3. The first-order valence-electron chi connectivity index (χ1n) is 5.90. The molecule has 0 fully saturated rings. The summed E-state index contributed by atoms with van der Waals surface area (Å²) < 4.78 is 0. The van der Waals surface area contributed by atoms with Gasteiger partial charge in [0.2, 0.25) is 5.78 Å². The number of benzene rings is 2. The van der Waals surface area contributed by atoms with Gasteiger partial charge in [-0.05, 0) is 47.9 Å². The lowest BCUT2D eigenvalue weighted by Crippen LogP contribution is -1.94. The van der Waals surface area contributed by atoms with Crippen molar-refractivity contribution in [2.24, 2.45) is 0 Å². The third kappa shape index (κ3) is 3.27. The number of Topliss-reactive ketones (excluding diaryl/α,β-unsaturated/α-hetero) is 1. The lowest BCUT2D eigenvalue weighted by atomic mass is 10.1. The lowest BCUT2D eigenvalue weighted by molar-refractivity contribution is 0.105. The molecule has 2 aromatic carbocycles. The number of carbonyl (C=O) groups is 1. The Kier molecular flexibility index (Phi) is 3.88. The zero-order chi connectivity index (χ0) is 14.5. The first-order valence-corrected chi connectivity index (χ1v) is 5.90. The van der Waals surface area contributed by atoms with E-state index in [4.69, 9.17) is 5.11 Å². The maximum atomic E-state index is 11.8. The van der Waals surface area contributed by atoms with Crippen molar-refractivity contribution in [1.82, 2.24) is 0 Å². The highest BCUT2D eigenvalue weighted by atomic mass is 16.3. The lowest BCUT2D eigenvalue weighted by Gasteiger charge is -1.98. The van der Waals surface area contributed by atoms with Crippen LogP contribution < -0.4 is 0 Å². The molecule has 0 atom stereocenters. The number of hydrogen-bond acceptors (Lipinski definition) is 3. The third-order valence-electron chi connectivity index (χ3n) is 2.67. The molecule has 0 aromatic heterocycles. The predicted octanol–water partition coefficient (Wildman–Crippen LogP) is 3.00. The van der Waals surface area contributed by atoms with Crippen LogP contribution in [0.25, 0.3) is 5.57 Å². The van der Waals surface area contributed by atoms with Crippen LogP contribution in [-0.2, 0) is 0 Å². The average molecular weight is 264 g/mol. The molecule has 0 heterocycles. The second-order valence-corrected chi connectivity index (χ2v) is 4.15. The van der Waals surface area contributed by atoms with Crippen LogP contribution in [0.15, 0.2) is 55.1 Å². The highest BCUT2D eigenvalue weighted by Gasteiger charge is 2.02. The van der Waals surface area contributed by atoms with Crippen molar-refractivity contribution in [3.8, 4) is 23.3 Å². The molecule has 0 saturated heterocycles. The summed E-state index contributed by atoms with van der Waals surface area (Å²) in [6.45, 7) is 3.79. The number of aromatic hydroxyl groups is 2. The normalized spacial score (nSPS) is 9.40. The molecule has 0 unspecified atom stereocenters. The summed E-state index contributed by atoms with van der Waals surface area (Å²) in [7, 11) is 0. The summed E-state index contributed by atoms with van der Waals surface area (Å²) in [4.78, 5) is 11.8. The van der Waals surface area contributed by atoms with E-state index in [1.54, 1.807) is 12.1 Å². The SMILES string of the molecule is C=C(C#CC(=O)c1ccc(O)cc1)c1ccc(O)cc1. The molecule has 98 valence electrons. The van der Waals surface area contributed by atoms with Crippen molar-refractivity contribution in [1.29, 1.82) is 0 Å². The van der Waals surface area contributed by atoms with Gasteiger partial charge in [-0.1, -0.05) is 24.6 Å². The monoisotopic (exact) mass is 264 g/mol. The fraction of sp³-hybridized carbons (Fsp3) is 0. The minimum Gasteiger partial charge on any atom is -0.508 e. The molecule has 3 nitrogen and oxygen atoms in total. The quantitative estimate of drug-likeness (QED) is 0.498. The Morgan fingerprint density at radius 3 is 1.75 bits per heavy atom. The van der Waals surface area contributed by atoms with Crippen molar-refractivity contribution in [3.05, 3.63) is 66.2 Å². The average Bonchev–Trinajstić information content (AvgIpc) is 2.46. The fourth-order valence-electron chi connectivity index (χ4n) is 1.55. The predicted molar refractivity (Wildman–Crippen MR) is 77.4 cm³/mol. The van der Waals surface area contributed by atoms with Crippen molar-refractivity contribution in [2.75, 3.05) is 0 Å². The topological polar surface area (TPSA) is 57.5 Å². The molecule has 2 rings (SSSR count). The molecular formula is C17H12O3. The Balaban J connectivity index is 2.14. The Morgan fingerprint density at radius 1 is 0.800 bits per heavy atom. The second-order valence-electron chi connectivity index (χ2n) is 4.15. The van der Waals surface area contributed by atoms with Crippen LogP contribution in [0.2, 0.25) is 0 Å². The van der Waals surface area contributed by atoms with E-state index in [0.717, 1.165) is 5.56 Å². The number of carbonyl (C=O) groups excluding carboxylic acids is 1. The van der Waals surface area contributed by atoms with Crippen LogP contribution in [0.3, 0.4) is 0 Å². The van der Waals surface area contributed by atoms with E-state index < -0.39 is 0 Å². The van der Waals surface area contributed by atoms with E-state index in [2.05, 4.69) is 18.4 Å². The summed E-state index contributed by atoms with van der Waals surface area (Å²) in [6.07, 6.45) is 0. The molecule has 0 aliphatic rings. The van der Waals surface area contributed by atoms with Crippen LogP contribution in [0, 0.1) is 11.8 Å². The van der Waals surface area contributed by atoms with E-state index >= 15 is 0 Å². The zero-order valence-corrected chi connectivity index (χ0v) is 10.6. The molecule has 0 radical (unpaired) electrons. The Bertz CT molecular complexity index is 637. The maximum absolute atomic E-state index is 11.8. The number of rotatable bonds is 2. The molecule has 2 N–H and O–H groups in total. The van der Waals surface area contributed by atoms with Gasteiger partial charge in [-0.15, -0.1) is 0 Å². The van der Waals surface area contributed by atoms with Crippen molar-refractivity contribution in [2.45, 2.75) is 0 Å². The van der Waals surface area contributed by atoms with Crippen molar-refractivity contribution >= 4 is 11.4 Å². The van der Waals surface area contributed by atoms with Gasteiger partial charge in [-0.2, -0.15) is 0 Å². The minimum absolute atomic E-state index is 0.100. The smallest absolute Gasteiger partial charge is 0.236 e. The number of ketones is 1. The first kappa shape index (κ1) is 13.4. The molecule has 0 aliphatic carbocycles. The van der Waals surface area contributed by atoms with E-state index in [0.29, 0.717) is 11.1 Å². The largest absolute Gasteiger partial charge is 0.508 e. The van der Waals surface area contributed by atoms with Crippen LogP contribution >= 0.6 is 0 Å². The molecular weight excluding hydrogens is 252 g/mol. The Labute approximate surface area is 116 Å². The number of hydrogen-bond donors (Lipinski definition) is 2. The van der Waals surface area contributed by atoms with Gasteiger partial charge in [-0.25, -0.2) is 0 Å². The zero-order valence-electron chi connectivity index (χ0n) is 10.6. The summed E-state index contributed by atoms with van der Waals surface area (Å²) in [5.41, 5.74) is 1.65. The Morgan fingerprint density at radius 2 is 1.25 bits per heavy atom. The Hall–Kier alpha value is -2.99. The van der Waals surface area contributed by atoms with Gasteiger partial charge in [0.25, 0.3) is 0 Å². The van der Waals surface area contributed by atoms with Gasteiger partial charge >= 0.3 is 0 Å². The van der Waals surface area contributed by atoms with E-state index in [1.807, 2.05) is 0 Å². The molecule has 0 bridgehead atoms. The highest BCUT2D eigenvalue weighted by molar-refractivity contribution is 6.10. The number of phenolic OH excluding ortho intramolecular Hbond substituents is 2. The highest BCUT2D eigenvalue weighted by Crippen LogP contribution is 2.16. The molecule has 0 aliphatic heterocycles. The molecule has 20 heavy (non-hydrogen) atoms. The standard InChI is InChI=1S/C17H12O3/c1-12(13-3-7-15(18)8-4-13)2-11-17(20)14-5-9-16(19)10-6-14/h3-10,18-19H,1H2. The van der Waals surface area contributed by atoms with Gasteiger partial charge < -0.3 is 10.2 Å². The molecule has 0 amide bonds. The summed E-state index contributed by atoms with van der Waals surface area (Å²) >= 11 is 0. The minimum atomic E-state index is -0.343. The first-order chi connectivity index (χ1) is 9.56. The summed E-state index contributed by atoms with van der Waals surface area (Å²) in [5.74, 6) is 5.11. The molecule has 2 aromatic rings. The van der Waals surface area contributed by atoms with Crippen LogP contribution in [-0.4, -0.2) is 16.0 Å². The van der Waals surface area contributed by atoms with Gasteiger partial charge in [0, 0.05) is 11.1 Å². The van der Waals surface area contributed by atoms with E-state index in [1.165, 1.54) is 36.4 Å². The van der Waals surface area contributed by atoms with Gasteiger partial charge in [0.05, 0.1) is 0 Å². The van der Waals surface area contributed by atoms with Gasteiger partial charge in [-0.3, -0.25) is 4.79 Å². The molecule has 3 heteroatoms. The number of allylic oxidation sites excluding steroid dienone is 1. The van der Waals surface area contributed by atoms with E-state index in [9.17, 15) is 9.90 Å². The molecule has 0 spiro atoms. The van der Waals surface area contributed by atoms with Crippen LogP contribution in [0.5, 0.6) is 11.5 Å². The third-order valence-corrected chi connectivity index (χ3v) is 2.67. The van der Waals surface area contributed by atoms with E-state index in [-0.39, 0.29) is 17.3 Å². The van der Waals surface area contributed by atoms with Crippen molar-refractivity contribution < 1.29 is 15.0 Å². The fourth-order valence-corrected chi connectivity index (χ4v) is 1.55. The molecule has 0 saturated carbocycles. The van der Waals surface area contributed by atoms with Crippen LogP contribution in [0.1, 0.15) is 15.9 Å². The maximum Gasteiger partial charge on any atom is 0.236 e. The number of phenols is 2. The summed E-state index contributed by atoms with van der Waals surface area (Å²) in [5, 5.41) is 18.3. The van der Waals surface area contributed by atoms with Crippen LogP contribution in [0.4, 0.5) is 0 Å². The van der Waals surface area contributed by atoms with Gasteiger partial charge in [0.1, 0.15) is 11.5 Å². The van der Waals surface area contributed by atoms with Gasteiger partial charge in [0.15, 0.2) is 0 Å². The van der Waals surface area contributed by atoms with Crippen molar-refractivity contribution in [3.63, 3.8) is 0 Å². The second kappa shape index (κ2) is 5.77.